The summed E-state index contributed by atoms with van der Waals surface area (Å²) in [6, 6.07) is 6.57. The minimum Gasteiger partial charge on any atom is -0.393 e. The Bertz CT molecular complexity index is 394. The molecular weight excluding hydrogens is 260 g/mol. The third-order valence-corrected chi connectivity index (χ3v) is 3.41. The lowest BCUT2D eigenvalue weighted by Crippen LogP contribution is -2.23. The molecule has 19 heavy (non-hydrogen) atoms. The molecule has 2 N–H and O–H groups in total. The van der Waals surface area contributed by atoms with E-state index in [-0.39, 0.29) is 6.10 Å². The van der Waals surface area contributed by atoms with Crippen molar-refractivity contribution < 1.29 is 5.11 Å². The molecule has 0 aromatic heterocycles. The summed E-state index contributed by atoms with van der Waals surface area (Å²) in [5, 5.41) is 13.5. The smallest absolute Gasteiger partial charge is 0.0528 e. The van der Waals surface area contributed by atoms with E-state index in [0.717, 1.165) is 35.8 Å². The first-order valence-corrected chi connectivity index (χ1v) is 7.19. The van der Waals surface area contributed by atoms with Crippen LogP contribution in [0, 0.1) is 0 Å². The lowest BCUT2D eigenvalue weighted by Gasteiger charge is -2.21. The molecule has 1 atom stereocenters. The fourth-order valence-electron chi connectivity index (χ4n) is 1.74. The predicted octanol–water partition coefficient (Wildman–Crippen LogP) is 3.05. The predicted molar refractivity (Wildman–Crippen MR) is 83.0 cm³/mol. The van der Waals surface area contributed by atoms with Gasteiger partial charge in [0.1, 0.15) is 0 Å². The maximum absolute atomic E-state index is 9.31. The number of nitrogens with one attached hydrogen (secondary N) is 1. The molecule has 0 radical (unpaired) electrons. The zero-order chi connectivity index (χ0) is 14.4. The van der Waals surface area contributed by atoms with E-state index in [1.807, 2.05) is 20.0 Å². The lowest BCUT2D eigenvalue weighted by atomic mass is 10.1. The Balaban J connectivity index is 2.65. The summed E-state index contributed by atoms with van der Waals surface area (Å²) in [6.07, 6.45) is 0.484. The van der Waals surface area contributed by atoms with Gasteiger partial charge in [0.2, 0.25) is 0 Å². The molecule has 4 heteroatoms. The molecule has 0 saturated carbocycles. The van der Waals surface area contributed by atoms with Gasteiger partial charge in [0.15, 0.2) is 0 Å². The Labute approximate surface area is 121 Å². The number of benzene rings is 1. The monoisotopic (exact) mass is 284 g/mol. The van der Waals surface area contributed by atoms with Gasteiger partial charge in [-0.2, -0.15) is 0 Å². The maximum atomic E-state index is 9.31. The molecule has 1 rings (SSSR count). The largest absolute Gasteiger partial charge is 0.393 e. The number of hydrogen-bond acceptors (Lipinski definition) is 3. The van der Waals surface area contributed by atoms with Crippen LogP contribution in [0.25, 0.3) is 0 Å². The second-order valence-corrected chi connectivity index (χ2v) is 5.78. The van der Waals surface area contributed by atoms with Crippen LogP contribution in [0.1, 0.15) is 32.8 Å². The topological polar surface area (TPSA) is 35.5 Å². The second-order valence-electron chi connectivity index (χ2n) is 5.37. The molecular formula is C15H25ClN2O. The van der Waals surface area contributed by atoms with Gasteiger partial charge >= 0.3 is 0 Å². The minimum absolute atomic E-state index is 0.271. The van der Waals surface area contributed by atoms with Crippen molar-refractivity contribution in [2.45, 2.75) is 45.9 Å². The molecule has 0 amide bonds. The molecule has 0 aliphatic carbocycles. The van der Waals surface area contributed by atoms with Gasteiger partial charge in [-0.1, -0.05) is 31.5 Å². The molecule has 0 bridgehead atoms. The van der Waals surface area contributed by atoms with Crippen molar-refractivity contribution in [3.8, 4) is 0 Å². The fourth-order valence-corrected chi connectivity index (χ4v) is 1.98. The summed E-state index contributed by atoms with van der Waals surface area (Å²) in [7, 11) is 2.01. The van der Waals surface area contributed by atoms with Crippen LogP contribution in [0.2, 0.25) is 5.02 Å². The van der Waals surface area contributed by atoms with Gasteiger partial charge in [-0.15, -0.1) is 0 Å². The normalized spacial score (nSPS) is 12.8. The Hall–Kier alpha value is -0.770. The van der Waals surface area contributed by atoms with E-state index in [9.17, 15) is 5.11 Å². The summed E-state index contributed by atoms with van der Waals surface area (Å²) >= 11 is 6.30. The first-order chi connectivity index (χ1) is 8.90. The van der Waals surface area contributed by atoms with Gasteiger partial charge in [0.25, 0.3) is 0 Å². The SMILES string of the molecule is CC(O)CCN(C)c1ccc(CNC(C)C)c(Cl)c1. The van der Waals surface area contributed by atoms with Crippen LogP contribution in [-0.2, 0) is 6.54 Å². The first-order valence-electron chi connectivity index (χ1n) is 6.81. The van der Waals surface area contributed by atoms with Crippen LogP contribution < -0.4 is 10.2 Å². The van der Waals surface area contributed by atoms with Gasteiger partial charge in [-0.25, -0.2) is 0 Å². The third-order valence-electron chi connectivity index (χ3n) is 3.06. The highest BCUT2D eigenvalue weighted by atomic mass is 35.5. The molecule has 1 aromatic carbocycles. The molecule has 0 spiro atoms. The van der Waals surface area contributed by atoms with Crippen LogP contribution in [-0.4, -0.2) is 30.8 Å². The zero-order valence-corrected chi connectivity index (χ0v) is 13.0. The minimum atomic E-state index is -0.271. The number of halogens is 1. The van der Waals surface area contributed by atoms with Gasteiger partial charge in [0, 0.05) is 36.9 Å². The average Bonchev–Trinajstić information content (AvgIpc) is 2.34. The number of aliphatic hydroxyl groups is 1. The Morgan fingerprint density at radius 1 is 1.32 bits per heavy atom. The molecule has 0 saturated heterocycles. The highest BCUT2D eigenvalue weighted by Crippen LogP contribution is 2.23. The molecule has 108 valence electrons. The molecule has 0 fully saturated rings. The van der Waals surface area contributed by atoms with Crippen LogP contribution >= 0.6 is 11.6 Å². The van der Waals surface area contributed by atoms with E-state index in [0.29, 0.717) is 6.04 Å². The summed E-state index contributed by atoms with van der Waals surface area (Å²) in [6.45, 7) is 7.64. The fraction of sp³-hybridized carbons (Fsp3) is 0.600. The third kappa shape index (κ3) is 5.81. The van der Waals surface area contributed by atoms with Crippen molar-refractivity contribution >= 4 is 17.3 Å². The van der Waals surface area contributed by atoms with E-state index in [2.05, 4.69) is 36.2 Å². The van der Waals surface area contributed by atoms with Crippen molar-refractivity contribution in [1.29, 1.82) is 0 Å². The van der Waals surface area contributed by atoms with Crippen molar-refractivity contribution in [2.24, 2.45) is 0 Å². The lowest BCUT2D eigenvalue weighted by molar-refractivity contribution is 0.187. The van der Waals surface area contributed by atoms with Crippen LogP contribution in [0.4, 0.5) is 5.69 Å². The van der Waals surface area contributed by atoms with Crippen molar-refractivity contribution in [1.82, 2.24) is 5.32 Å². The quantitative estimate of drug-likeness (QED) is 0.808. The Morgan fingerprint density at radius 3 is 2.53 bits per heavy atom. The molecule has 0 heterocycles. The van der Waals surface area contributed by atoms with Crippen molar-refractivity contribution in [3.63, 3.8) is 0 Å². The Kier molecular flexibility index (Phi) is 6.63. The summed E-state index contributed by atoms with van der Waals surface area (Å²) in [5.74, 6) is 0. The molecule has 1 aromatic rings. The standard InChI is InChI=1S/C15H25ClN2O/c1-11(2)17-10-13-5-6-14(9-15(13)16)18(4)8-7-12(3)19/h5-6,9,11-12,17,19H,7-8,10H2,1-4H3. The highest BCUT2D eigenvalue weighted by molar-refractivity contribution is 6.31. The van der Waals surface area contributed by atoms with Gasteiger partial charge < -0.3 is 15.3 Å². The van der Waals surface area contributed by atoms with E-state index in [1.165, 1.54) is 0 Å². The van der Waals surface area contributed by atoms with Gasteiger partial charge in [0.05, 0.1) is 6.10 Å². The number of rotatable bonds is 7. The maximum Gasteiger partial charge on any atom is 0.0528 e. The van der Waals surface area contributed by atoms with E-state index in [1.54, 1.807) is 0 Å². The highest BCUT2D eigenvalue weighted by Gasteiger charge is 2.07. The molecule has 1 unspecified atom stereocenters. The van der Waals surface area contributed by atoms with Crippen LogP contribution in [0.15, 0.2) is 18.2 Å². The van der Waals surface area contributed by atoms with Crippen LogP contribution in [0.3, 0.4) is 0 Å². The average molecular weight is 285 g/mol. The van der Waals surface area contributed by atoms with Crippen LogP contribution in [0.5, 0.6) is 0 Å². The number of nitrogens with zero attached hydrogens (tertiary/aromatic N) is 1. The van der Waals surface area contributed by atoms with Gasteiger partial charge in [-0.3, -0.25) is 0 Å². The molecule has 0 aliphatic rings. The summed E-state index contributed by atoms with van der Waals surface area (Å²) < 4.78 is 0. The van der Waals surface area contributed by atoms with E-state index in [4.69, 9.17) is 11.6 Å². The van der Waals surface area contributed by atoms with Crippen molar-refractivity contribution in [2.75, 3.05) is 18.5 Å². The molecule has 0 aliphatic heterocycles. The van der Waals surface area contributed by atoms with E-state index < -0.39 is 0 Å². The number of anilines is 1. The zero-order valence-electron chi connectivity index (χ0n) is 12.3. The second kappa shape index (κ2) is 7.73. The first kappa shape index (κ1) is 16.3. The Morgan fingerprint density at radius 2 is 2.00 bits per heavy atom. The van der Waals surface area contributed by atoms with Crippen molar-refractivity contribution in [3.05, 3.63) is 28.8 Å². The van der Waals surface area contributed by atoms with Gasteiger partial charge in [-0.05, 0) is 31.0 Å². The van der Waals surface area contributed by atoms with E-state index >= 15 is 0 Å². The number of hydrogen-bond donors (Lipinski definition) is 2. The summed E-state index contributed by atoms with van der Waals surface area (Å²) in [4.78, 5) is 2.11. The molecule has 3 nitrogen and oxygen atoms in total. The summed E-state index contributed by atoms with van der Waals surface area (Å²) in [5.41, 5.74) is 2.20. The number of aliphatic hydroxyl groups excluding tert-OH is 1.